The number of furan rings is 2. The quantitative estimate of drug-likeness (QED) is 0.748. The van der Waals surface area contributed by atoms with E-state index in [0.29, 0.717) is 0 Å². The molecular weight excluding hydrogens is 214 g/mol. The van der Waals surface area contributed by atoms with Gasteiger partial charge in [-0.2, -0.15) is 0 Å². The van der Waals surface area contributed by atoms with Crippen LogP contribution in [-0.4, -0.2) is 6.04 Å². The summed E-state index contributed by atoms with van der Waals surface area (Å²) in [5, 5.41) is 2.22. The molecule has 1 aromatic carbocycles. The van der Waals surface area contributed by atoms with Crippen LogP contribution < -0.4 is 5.73 Å². The van der Waals surface area contributed by atoms with Crippen molar-refractivity contribution in [3.63, 3.8) is 0 Å². The Hall–Kier alpha value is -1.74. The number of rotatable bonds is 3. The Labute approximate surface area is 99.2 Å². The molecular formula is C14H15NO2. The predicted molar refractivity (Wildman–Crippen MR) is 68.0 cm³/mol. The van der Waals surface area contributed by atoms with Gasteiger partial charge < -0.3 is 14.6 Å². The zero-order valence-electron chi connectivity index (χ0n) is 9.77. The van der Waals surface area contributed by atoms with Gasteiger partial charge in [0.05, 0.1) is 12.5 Å². The maximum atomic E-state index is 5.82. The molecule has 1 atom stereocenters. The lowest BCUT2D eigenvalue weighted by Crippen LogP contribution is -2.15. The summed E-state index contributed by atoms with van der Waals surface area (Å²) < 4.78 is 11.0. The molecule has 3 heteroatoms. The molecule has 2 aromatic heterocycles. The molecule has 0 radical (unpaired) electrons. The second kappa shape index (κ2) is 3.93. The molecule has 0 aliphatic heterocycles. The summed E-state index contributed by atoms with van der Waals surface area (Å²) in [5.41, 5.74) is 8.90. The number of aryl methyl sites for hydroxylation is 1. The molecule has 0 saturated heterocycles. The SMILES string of the molecule is CC(N)CCc1c2ccoc2cc2ccoc12. The Kier molecular flexibility index (Phi) is 2.41. The molecule has 88 valence electrons. The van der Waals surface area contributed by atoms with Crippen LogP contribution in [-0.2, 0) is 6.42 Å². The van der Waals surface area contributed by atoms with Crippen LogP contribution in [0.1, 0.15) is 18.9 Å². The molecule has 2 heterocycles. The molecule has 0 aliphatic rings. The lowest BCUT2D eigenvalue weighted by Gasteiger charge is -2.06. The Morgan fingerprint density at radius 2 is 2.06 bits per heavy atom. The zero-order valence-corrected chi connectivity index (χ0v) is 9.77. The minimum atomic E-state index is 0.196. The summed E-state index contributed by atoms with van der Waals surface area (Å²) in [7, 11) is 0. The highest BCUT2D eigenvalue weighted by molar-refractivity contribution is 5.97. The Balaban J connectivity index is 2.19. The van der Waals surface area contributed by atoms with Crippen LogP contribution in [0.4, 0.5) is 0 Å². The van der Waals surface area contributed by atoms with E-state index in [4.69, 9.17) is 14.6 Å². The smallest absolute Gasteiger partial charge is 0.137 e. The number of benzene rings is 1. The number of hydrogen-bond donors (Lipinski definition) is 1. The fourth-order valence-corrected chi connectivity index (χ4v) is 2.24. The molecule has 0 spiro atoms. The number of hydrogen-bond acceptors (Lipinski definition) is 3. The lowest BCUT2D eigenvalue weighted by atomic mass is 10.0. The van der Waals surface area contributed by atoms with Crippen molar-refractivity contribution in [2.24, 2.45) is 5.73 Å². The molecule has 1 unspecified atom stereocenters. The van der Waals surface area contributed by atoms with Gasteiger partial charge in [-0.1, -0.05) is 0 Å². The van der Waals surface area contributed by atoms with Gasteiger partial charge in [-0.05, 0) is 38.0 Å². The molecule has 2 N–H and O–H groups in total. The van der Waals surface area contributed by atoms with Crippen molar-refractivity contribution in [1.29, 1.82) is 0 Å². The zero-order chi connectivity index (χ0) is 11.8. The van der Waals surface area contributed by atoms with Crippen LogP contribution in [0.15, 0.2) is 39.6 Å². The summed E-state index contributed by atoms with van der Waals surface area (Å²) >= 11 is 0. The van der Waals surface area contributed by atoms with E-state index in [2.05, 4.69) is 0 Å². The van der Waals surface area contributed by atoms with Crippen LogP contribution in [0.5, 0.6) is 0 Å². The van der Waals surface area contributed by atoms with Gasteiger partial charge in [-0.15, -0.1) is 0 Å². The van der Waals surface area contributed by atoms with Gasteiger partial charge in [0.1, 0.15) is 11.2 Å². The van der Waals surface area contributed by atoms with Crippen LogP contribution in [0.3, 0.4) is 0 Å². The van der Waals surface area contributed by atoms with Crippen molar-refractivity contribution >= 4 is 21.9 Å². The van der Waals surface area contributed by atoms with Crippen LogP contribution in [0.25, 0.3) is 21.9 Å². The molecule has 0 fully saturated rings. The maximum Gasteiger partial charge on any atom is 0.137 e. The average molecular weight is 229 g/mol. The first-order chi connectivity index (χ1) is 8.25. The van der Waals surface area contributed by atoms with E-state index in [1.807, 2.05) is 25.1 Å². The van der Waals surface area contributed by atoms with Gasteiger partial charge in [0.2, 0.25) is 0 Å². The standard InChI is InChI=1S/C14H15NO2/c1-9(15)2-3-12-11-5-7-16-13(11)8-10-4-6-17-14(10)12/h4-9H,2-3,15H2,1H3. The van der Waals surface area contributed by atoms with E-state index >= 15 is 0 Å². The fourth-order valence-electron chi connectivity index (χ4n) is 2.24. The van der Waals surface area contributed by atoms with E-state index in [1.54, 1.807) is 12.5 Å². The highest BCUT2D eigenvalue weighted by Gasteiger charge is 2.12. The minimum Gasteiger partial charge on any atom is -0.464 e. The van der Waals surface area contributed by atoms with Gasteiger partial charge >= 0.3 is 0 Å². The first-order valence-electron chi connectivity index (χ1n) is 5.87. The first kappa shape index (κ1) is 10.4. The molecule has 17 heavy (non-hydrogen) atoms. The number of fused-ring (bicyclic) bond motifs is 2. The topological polar surface area (TPSA) is 52.3 Å². The fraction of sp³-hybridized carbons (Fsp3) is 0.286. The van der Waals surface area contributed by atoms with Crippen LogP contribution in [0, 0.1) is 0 Å². The Bertz CT molecular complexity index is 600. The van der Waals surface area contributed by atoms with E-state index in [1.165, 1.54) is 5.56 Å². The van der Waals surface area contributed by atoms with Crippen molar-refractivity contribution in [2.45, 2.75) is 25.8 Å². The van der Waals surface area contributed by atoms with Crippen molar-refractivity contribution in [3.8, 4) is 0 Å². The van der Waals surface area contributed by atoms with Crippen LogP contribution in [0.2, 0.25) is 0 Å². The largest absolute Gasteiger partial charge is 0.464 e. The molecule has 0 amide bonds. The van der Waals surface area contributed by atoms with Gasteiger partial charge in [-0.3, -0.25) is 0 Å². The van der Waals surface area contributed by atoms with E-state index in [-0.39, 0.29) is 6.04 Å². The summed E-state index contributed by atoms with van der Waals surface area (Å²) in [4.78, 5) is 0. The Morgan fingerprint density at radius 1 is 1.24 bits per heavy atom. The third-order valence-corrected chi connectivity index (χ3v) is 3.13. The molecule has 0 aliphatic carbocycles. The maximum absolute atomic E-state index is 5.82. The van der Waals surface area contributed by atoms with E-state index < -0.39 is 0 Å². The molecule has 3 rings (SSSR count). The monoisotopic (exact) mass is 229 g/mol. The molecule has 0 saturated carbocycles. The molecule has 3 aromatic rings. The van der Waals surface area contributed by atoms with Gasteiger partial charge in [0, 0.05) is 22.4 Å². The first-order valence-corrected chi connectivity index (χ1v) is 5.87. The van der Waals surface area contributed by atoms with Gasteiger partial charge in [0.15, 0.2) is 0 Å². The van der Waals surface area contributed by atoms with Crippen molar-refractivity contribution in [2.75, 3.05) is 0 Å². The average Bonchev–Trinajstić information content (AvgIpc) is 2.90. The van der Waals surface area contributed by atoms with Gasteiger partial charge in [0.25, 0.3) is 0 Å². The van der Waals surface area contributed by atoms with Crippen molar-refractivity contribution < 1.29 is 8.83 Å². The second-order valence-electron chi connectivity index (χ2n) is 4.54. The number of nitrogens with two attached hydrogens (primary N) is 1. The van der Waals surface area contributed by atoms with E-state index in [0.717, 1.165) is 34.8 Å². The lowest BCUT2D eigenvalue weighted by molar-refractivity contribution is 0.602. The summed E-state index contributed by atoms with van der Waals surface area (Å²) in [5.74, 6) is 0. The third-order valence-electron chi connectivity index (χ3n) is 3.13. The minimum absolute atomic E-state index is 0.196. The van der Waals surface area contributed by atoms with E-state index in [9.17, 15) is 0 Å². The molecule has 0 bridgehead atoms. The summed E-state index contributed by atoms with van der Waals surface area (Å²) in [6, 6.07) is 6.17. The Morgan fingerprint density at radius 3 is 2.88 bits per heavy atom. The van der Waals surface area contributed by atoms with Crippen molar-refractivity contribution in [1.82, 2.24) is 0 Å². The highest BCUT2D eigenvalue weighted by Crippen LogP contribution is 2.30. The van der Waals surface area contributed by atoms with Gasteiger partial charge in [-0.25, -0.2) is 0 Å². The van der Waals surface area contributed by atoms with Crippen molar-refractivity contribution in [3.05, 3.63) is 36.3 Å². The predicted octanol–water partition coefficient (Wildman–Crippen LogP) is 3.46. The highest BCUT2D eigenvalue weighted by atomic mass is 16.3. The molecule has 3 nitrogen and oxygen atoms in total. The normalized spacial score (nSPS) is 13.5. The third kappa shape index (κ3) is 1.72. The second-order valence-corrected chi connectivity index (χ2v) is 4.54. The summed E-state index contributed by atoms with van der Waals surface area (Å²) in [6.07, 6.45) is 5.30. The van der Waals surface area contributed by atoms with Crippen LogP contribution >= 0.6 is 0 Å². The summed E-state index contributed by atoms with van der Waals surface area (Å²) in [6.45, 7) is 2.02.